The molecule has 4 atom stereocenters. The van der Waals surface area contributed by atoms with Crippen LogP contribution in [0.15, 0.2) is 53.3 Å². The van der Waals surface area contributed by atoms with Crippen LogP contribution in [0.2, 0.25) is 0 Å². The lowest BCUT2D eigenvalue weighted by atomic mass is 9.57. The third kappa shape index (κ3) is 3.98. The predicted molar refractivity (Wildman–Crippen MR) is 145 cm³/mol. The number of carbonyl (C=O) groups excluding carboxylic acids is 3. The van der Waals surface area contributed by atoms with Gasteiger partial charge in [-0.05, 0) is 80.6 Å². The van der Waals surface area contributed by atoms with Crippen molar-refractivity contribution in [3.8, 4) is 11.5 Å². The van der Waals surface area contributed by atoms with E-state index in [0.29, 0.717) is 18.4 Å². The van der Waals surface area contributed by atoms with Crippen molar-refractivity contribution in [3.05, 3.63) is 75.6 Å². The first-order chi connectivity index (χ1) is 18.9. The van der Waals surface area contributed by atoms with E-state index in [1.807, 2.05) is 24.3 Å². The number of Topliss-reactive ketones (excluding diaryl/α,β-unsaturated/α-hetero) is 2. The number of likely N-dealkylation sites (N-methyl/N-ethyl adjacent to an activating group) is 1. The minimum absolute atomic E-state index is 0.0549. The molecule has 0 unspecified atom stereocenters. The van der Waals surface area contributed by atoms with Crippen molar-refractivity contribution in [2.24, 2.45) is 17.6 Å². The number of amides is 1. The molecule has 210 valence electrons. The van der Waals surface area contributed by atoms with Gasteiger partial charge in [0, 0.05) is 11.5 Å². The standard InChI is InChI=1S/C30H32N2O8/c1-32(2)24-19-13-16-12-18-15(7-4-14-5-9-17(40-3)10-6-14)8-11-20(33)22(18)25(34)21(16)27(36)30(19,39)28(37)23(26(24)35)29(31)38/h5-6,8-11,16,19,24,33-34,37,39H,4,7,12-13H2,1-3H3,(H2,31,38)/t16-,19-,24-,30+/m1/s1. The average Bonchev–Trinajstić information content (AvgIpc) is 2.90. The largest absolute Gasteiger partial charge is 0.508 e. The minimum atomic E-state index is -2.65. The number of aliphatic hydroxyl groups is 3. The van der Waals surface area contributed by atoms with Gasteiger partial charge in [0.15, 0.2) is 11.4 Å². The zero-order valence-electron chi connectivity index (χ0n) is 22.5. The van der Waals surface area contributed by atoms with Crippen LogP contribution >= 0.6 is 0 Å². The number of hydrogen-bond acceptors (Lipinski definition) is 9. The molecule has 10 heteroatoms. The van der Waals surface area contributed by atoms with Crippen molar-refractivity contribution in [2.45, 2.75) is 37.3 Å². The number of primary amides is 1. The number of ether oxygens (including phenoxy) is 1. The van der Waals surface area contributed by atoms with Gasteiger partial charge in [0.05, 0.1) is 18.7 Å². The van der Waals surface area contributed by atoms with Crippen molar-refractivity contribution < 1.29 is 39.5 Å². The molecule has 0 aromatic heterocycles. The van der Waals surface area contributed by atoms with Crippen molar-refractivity contribution in [3.63, 3.8) is 0 Å². The molecule has 1 fully saturated rings. The predicted octanol–water partition coefficient (Wildman–Crippen LogP) is 1.76. The average molecular weight is 549 g/mol. The molecule has 0 saturated heterocycles. The van der Waals surface area contributed by atoms with Crippen molar-refractivity contribution in [1.29, 1.82) is 0 Å². The van der Waals surface area contributed by atoms with Gasteiger partial charge in [-0.25, -0.2) is 0 Å². The van der Waals surface area contributed by atoms with Crippen LogP contribution in [0.5, 0.6) is 11.5 Å². The summed E-state index contributed by atoms with van der Waals surface area (Å²) in [6.07, 6.45) is 1.59. The number of phenols is 1. The Labute approximate surface area is 231 Å². The van der Waals surface area contributed by atoms with Gasteiger partial charge in [-0.1, -0.05) is 18.2 Å². The second-order valence-electron chi connectivity index (χ2n) is 10.9. The molecule has 5 rings (SSSR count). The van der Waals surface area contributed by atoms with Crippen LogP contribution in [-0.4, -0.2) is 75.6 Å². The maximum absolute atomic E-state index is 13.9. The fourth-order valence-electron chi connectivity index (χ4n) is 6.61. The summed E-state index contributed by atoms with van der Waals surface area (Å²) < 4.78 is 5.22. The van der Waals surface area contributed by atoms with Crippen LogP contribution in [0.1, 0.15) is 28.7 Å². The molecule has 0 aliphatic heterocycles. The number of aromatic hydroxyl groups is 1. The highest BCUT2D eigenvalue weighted by atomic mass is 16.5. The number of benzene rings is 2. The number of carbonyl (C=O) groups is 3. The minimum Gasteiger partial charge on any atom is -0.508 e. The highest BCUT2D eigenvalue weighted by molar-refractivity contribution is 6.24. The Morgan fingerprint density at radius 3 is 2.35 bits per heavy atom. The van der Waals surface area contributed by atoms with Gasteiger partial charge >= 0.3 is 0 Å². The summed E-state index contributed by atoms with van der Waals surface area (Å²) in [6, 6.07) is 9.80. The molecule has 0 heterocycles. The Morgan fingerprint density at radius 2 is 1.75 bits per heavy atom. The Balaban J connectivity index is 1.59. The van der Waals surface area contributed by atoms with E-state index in [0.717, 1.165) is 16.9 Å². The van der Waals surface area contributed by atoms with Gasteiger partial charge in [0.2, 0.25) is 5.78 Å². The molecule has 2 aromatic carbocycles. The van der Waals surface area contributed by atoms with Crippen LogP contribution in [0.4, 0.5) is 0 Å². The number of aryl methyl sites for hydroxylation is 2. The monoisotopic (exact) mass is 548 g/mol. The van der Waals surface area contributed by atoms with Gasteiger partial charge in [0.1, 0.15) is 28.6 Å². The number of ketones is 2. The number of hydrogen-bond donors (Lipinski definition) is 5. The van der Waals surface area contributed by atoms with E-state index in [9.17, 15) is 34.8 Å². The third-order valence-electron chi connectivity index (χ3n) is 8.54. The molecule has 40 heavy (non-hydrogen) atoms. The second-order valence-corrected chi connectivity index (χ2v) is 10.9. The maximum Gasteiger partial charge on any atom is 0.255 e. The lowest BCUT2D eigenvalue weighted by Crippen LogP contribution is -2.65. The van der Waals surface area contributed by atoms with E-state index in [2.05, 4.69) is 0 Å². The van der Waals surface area contributed by atoms with E-state index in [1.54, 1.807) is 27.3 Å². The summed E-state index contributed by atoms with van der Waals surface area (Å²) >= 11 is 0. The summed E-state index contributed by atoms with van der Waals surface area (Å²) in [6.45, 7) is 0. The molecule has 3 aliphatic carbocycles. The zero-order chi connectivity index (χ0) is 29.1. The Morgan fingerprint density at radius 1 is 1.07 bits per heavy atom. The fourth-order valence-corrected chi connectivity index (χ4v) is 6.61. The lowest BCUT2D eigenvalue weighted by molar-refractivity contribution is -0.153. The smallest absolute Gasteiger partial charge is 0.255 e. The van der Waals surface area contributed by atoms with E-state index < -0.39 is 58.0 Å². The molecule has 1 amide bonds. The van der Waals surface area contributed by atoms with E-state index >= 15 is 0 Å². The molecule has 6 N–H and O–H groups in total. The SMILES string of the molecule is COc1ccc(CCc2ccc(O)c3c2C[C@@H]2C[C@@H]4[C@@H](N(C)C)C(=O)C(C(N)=O)=C(O)[C@@]4(O)C(=O)C2=C3O)cc1. The van der Waals surface area contributed by atoms with Gasteiger partial charge in [-0.3, -0.25) is 19.3 Å². The first-order valence-corrected chi connectivity index (χ1v) is 13.0. The number of aliphatic hydroxyl groups excluding tert-OH is 2. The van der Waals surface area contributed by atoms with Gasteiger partial charge in [0.25, 0.3) is 5.91 Å². The Kier molecular flexibility index (Phi) is 6.71. The third-order valence-corrected chi connectivity index (χ3v) is 8.54. The number of methoxy groups -OCH3 is 1. The van der Waals surface area contributed by atoms with Crippen LogP contribution in [0.25, 0.3) is 5.76 Å². The number of nitrogens with zero attached hydrogens (tertiary/aromatic N) is 1. The van der Waals surface area contributed by atoms with Gasteiger partial charge < -0.3 is 30.9 Å². The summed E-state index contributed by atoms with van der Waals surface area (Å²) in [4.78, 5) is 40.7. The quantitative estimate of drug-likeness (QED) is 0.338. The topological polar surface area (TPSA) is 171 Å². The first kappa shape index (κ1) is 27.4. The number of rotatable bonds is 6. The highest BCUT2D eigenvalue weighted by Gasteiger charge is 2.64. The van der Waals surface area contributed by atoms with Crippen LogP contribution in [0, 0.1) is 11.8 Å². The molecular weight excluding hydrogens is 516 g/mol. The molecule has 0 bridgehead atoms. The van der Waals surface area contributed by atoms with E-state index in [4.69, 9.17) is 10.5 Å². The number of nitrogens with two attached hydrogens (primary N) is 1. The van der Waals surface area contributed by atoms with Crippen molar-refractivity contribution in [2.75, 3.05) is 21.2 Å². The van der Waals surface area contributed by atoms with Gasteiger partial charge in [-0.15, -0.1) is 0 Å². The molecule has 1 saturated carbocycles. The fraction of sp³-hybridized carbons (Fsp3) is 0.367. The summed E-state index contributed by atoms with van der Waals surface area (Å²) in [7, 11) is 4.74. The maximum atomic E-state index is 13.9. The molecule has 3 aliphatic rings. The molecule has 10 nitrogen and oxygen atoms in total. The van der Waals surface area contributed by atoms with Crippen molar-refractivity contribution >= 4 is 23.2 Å². The number of fused-ring (bicyclic) bond motifs is 3. The molecule has 0 spiro atoms. The molecule has 0 radical (unpaired) electrons. The van der Waals surface area contributed by atoms with Crippen LogP contribution in [-0.2, 0) is 33.6 Å². The van der Waals surface area contributed by atoms with Crippen LogP contribution in [0.3, 0.4) is 0 Å². The van der Waals surface area contributed by atoms with Crippen LogP contribution < -0.4 is 10.5 Å². The summed E-state index contributed by atoms with van der Waals surface area (Å²) in [5, 5.41) is 44.7. The second kappa shape index (κ2) is 9.79. The molecular formula is C30H32N2O8. The number of phenolic OH excluding ortho intramolecular Hbond substituents is 1. The van der Waals surface area contributed by atoms with E-state index in [-0.39, 0.29) is 29.7 Å². The Hall–Kier alpha value is -4.15. The lowest BCUT2D eigenvalue weighted by Gasteiger charge is -2.50. The first-order valence-electron chi connectivity index (χ1n) is 13.0. The Bertz CT molecular complexity index is 1490. The summed E-state index contributed by atoms with van der Waals surface area (Å²) in [5.41, 5.74) is 4.46. The normalized spacial score (nSPS) is 26.0. The highest BCUT2D eigenvalue weighted by Crippen LogP contribution is 2.53. The summed E-state index contributed by atoms with van der Waals surface area (Å²) in [5.74, 6) is -5.83. The van der Waals surface area contributed by atoms with Gasteiger partial charge in [-0.2, -0.15) is 0 Å². The molecule has 2 aromatic rings. The van der Waals surface area contributed by atoms with E-state index in [1.165, 1.54) is 11.0 Å². The van der Waals surface area contributed by atoms with Crippen molar-refractivity contribution in [1.82, 2.24) is 4.90 Å². The zero-order valence-corrected chi connectivity index (χ0v) is 22.5.